The second-order valence-electron chi connectivity index (χ2n) is 8.57. The van der Waals surface area contributed by atoms with E-state index in [-0.39, 0.29) is 18.7 Å². The Morgan fingerprint density at radius 3 is 2.91 bits per heavy atom. The van der Waals surface area contributed by atoms with Gasteiger partial charge in [-0.2, -0.15) is 9.97 Å². The van der Waals surface area contributed by atoms with Crippen molar-refractivity contribution in [3.63, 3.8) is 0 Å². The third-order valence-corrected chi connectivity index (χ3v) is 6.37. The van der Waals surface area contributed by atoms with E-state index in [1.54, 1.807) is 4.90 Å². The lowest BCUT2D eigenvalue weighted by Gasteiger charge is -2.28. The molecule has 9 heteroatoms. The molecule has 3 aliphatic heterocycles. The van der Waals surface area contributed by atoms with E-state index in [4.69, 9.17) is 19.9 Å². The molecule has 1 aromatic heterocycles. The Morgan fingerprint density at radius 1 is 1.25 bits per heavy atom. The number of hydrogen-bond donors (Lipinski definition) is 1. The quantitative estimate of drug-likeness (QED) is 0.654. The normalized spacial score (nSPS) is 22.1. The summed E-state index contributed by atoms with van der Waals surface area (Å²) in [6.07, 6.45) is 2.69. The summed E-state index contributed by atoms with van der Waals surface area (Å²) in [4.78, 5) is 25.5. The summed E-state index contributed by atoms with van der Waals surface area (Å²) >= 11 is 0. The average molecular weight is 440 g/mol. The molecule has 1 amide bonds. The third kappa shape index (κ3) is 4.63. The number of nitrogen functional groups attached to an aromatic ring is 1. The monoisotopic (exact) mass is 439 g/mol. The van der Waals surface area contributed by atoms with Crippen molar-refractivity contribution in [3.05, 3.63) is 47.2 Å². The fraction of sp³-hybridized carbons (Fsp3) is 0.522. The highest BCUT2D eigenvalue weighted by Crippen LogP contribution is 2.28. The van der Waals surface area contributed by atoms with E-state index in [1.807, 2.05) is 30.3 Å². The van der Waals surface area contributed by atoms with Gasteiger partial charge in [0.2, 0.25) is 0 Å². The molecule has 2 aromatic rings. The van der Waals surface area contributed by atoms with Crippen molar-refractivity contribution >= 4 is 11.9 Å². The van der Waals surface area contributed by atoms with Crippen LogP contribution in [0.1, 0.15) is 29.7 Å². The highest BCUT2D eigenvalue weighted by molar-refractivity contribution is 5.68. The lowest BCUT2D eigenvalue weighted by atomic mass is 10.1. The third-order valence-electron chi connectivity index (χ3n) is 6.37. The predicted molar refractivity (Wildman–Crippen MR) is 117 cm³/mol. The zero-order chi connectivity index (χ0) is 21.9. The molecule has 32 heavy (non-hydrogen) atoms. The molecule has 5 rings (SSSR count). The molecule has 170 valence electrons. The number of nitrogens with zero attached hydrogens (tertiary/aromatic N) is 4. The van der Waals surface area contributed by atoms with E-state index in [1.165, 1.54) is 0 Å². The molecule has 1 aromatic carbocycles. The number of nitrogens with two attached hydrogens (primary N) is 1. The van der Waals surface area contributed by atoms with Crippen molar-refractivity contribution in [2.45, 2.75) is 44.6 Å². The number of aromatic nitrogens is 2. The highest BCUT2D eigenvalue weighted by atomic mass is 16.6. The maximum absolute atomic E-state index is 12.5. The molecule has 4 heterocycles. The molecule has 2 saturated heterocycles. The smallest absolute Gasteiger partial charge is 0.410 e. The molecule has 0 saturated carbocycles. The number of morpholine rings is 1. The van der Waals surface area contributed by atoms with E-state index >= 15 is 0 Å². The first-order valence-electron chi connectivity index (χ1n) is 11.2. The first-order chi connectivity index (χ1) is 15.7. The molecular weight excluding hydrogens is 410 g/mol. The van der Waals surface area contributed by atoms with E-state index in [2.05, 4.69) is 14.9 Å². The summed E-state index contributed by atoms with van der Waals surface area (Å²) < 4.78 is 16.9. The minimum Gasteiger partial charge on any atom is -0.463 e. The number of anilines is 1. The lowest BCUT2D eigenvalue weighted by molar-refractivity contribution is 0.0287. The maximum atomic E-state index is 12.5. The summed E-state index contributed by atoms with van der Waals surface area (Å²) in [5, 5.41) is 0. The van der Waals surface area contributed by atoms with Gasteiger partial charge < -0.3 is 24.8 Å². The number of benzene rings is 1. The summed E-state index contributed by atoms with van der Waals surface area (Å²) in [7, 11) is 0. The van der Waals surface area contributed by atoms with Gasteiger partial charge in [-0.05, 0) is 24.8 Å². The van der Waals surface area contributed by atoms with Crippen LogP contribution in [0.5, 0.6) is 6.01 Å². The largest absolute Gasteiger partial charge is 0.463 e. The second-order valence-corrected chi connectivity index (χ2v) is 8.57. The summed E-state index contributed by atoms with van der Waals surface area (Å²) in [6.45, 7) is 4.47. The van der Waals surface area contributed by atoms with E-state index in [9.17, 15) is 4.79 Å². The SMILES string of the molecule is Nc1nc(OCCCN2C[C@@H]3C[C@H]2CO3)nc2c1CCN(C(=O)OCc1ccccc1)C2. The van der Waals surface area contributed by atoms with Gasteiger partial charge >= 0.3 is 12.1 Å². The number of ether oxygens (including phenoxy) is 3. The van der Waals surface area contributed by atoms with Crippen LogP contribution >= 0.6 is 0 Å². The van der Waals surface area contributed by atoms with Gasteiger partial charge in [-0.1, -0.05) is 30.3 Å². The summed E-state index contributed by atoms with van der Waals surface area (Å²) in [5.74, 6) is 0.427. The number of carbonyl (C=O) groups is 1. The van der Waals surface area contributed by atoms with Gasteiger partial charge in [0.25, 0.3) is 0 Å². The van der Waals surface area contributed by atoms with Crippen molar-refractivity contribution < 1.29 is 19.0 Å². The number of rotatable bonds is 7. The lowest BCUT2D eigenvalue weighted by Crippen LogP contribution is -2.38. The first kappa shape index (κ1) is 21.0. The topological polar surface area (TPSA) is 103 Å². The van der Waals surface area contributed by atoms with Gasteiger partial charge in [0.15, 0.2) is 0 Å². The van der Waals surface area contributed by atoms with Crippen LogP contribution in [0.15, 0.2) is 30.3 Å². The van der Waals surface area contributed by atoms with E-state index in [0.717, 1.165) is 49.4 Å². The minimum atomic E-state index is -0.358. The molecule has 3 aliphatic rings. The van der Waals surface area contributed by atoms with Crippen LogP contribution < -0.4 is 10.5 Å². The maximum Gasteiger partial charge on any atom is 0.410 e. The summed E-state index contributed by atoms with van der Waals surface area (Å²) in [6, 6.07) is 10.5. The van der Waals surface area contributed by atoms with Crippen LogP contribution in [-0.4, -0.2) is 70.9 Å². The van der Waals surface area contributed by atoms with Crippen LogP contribution in [0.3, 0.4) is 0 Å². The van der Waals surface area contributed by atoms with Crippen LogP contribution in [-0.2, 0) is 29.0 Å². The standard InChI is InChI=1S/C23H29N5O4/c24-21-19-7-9-28(23(29)32-14-16-5-2-1-3-6-16)13-20(19)25-22(26-21)30-10-4-8-27-12-18-11-17(27)15-31-18/h1-3,5-6,17-18H,4,7-15H2,(H2,24,25,26)/t17-,18-/m0/s1. The Hall–Kier alpha value is -2.91. The number of fused-ring (bicyclic) bond motifs is 3. The Labute approximate surface area is 187 Å². The fourth-order valence-corrected chi connectivity index (χ4v) is 4.65. The number of carbonyl (C=O) groups excluding carboxylic acids is 1. The van der Waals surface area contributed by atoms with E-state index < -0.39 is 0 Å². The van der Waals surface area contributed by atoms with Crippen molar-refractivity contribution in [2.24, 2.45) is 0 Å². The van der Waals surface area contributed by atoms with Gasteiger partial charge in [-0.25, -0.2) is 4.79 Å². The fourth-order valence-electron chi connectivity index (χ4n) is 4.65. The van der Waals surface area contributed by atoms with Crippen molar-refractivity contribution in [3.8, 4) is 6.01 Å². The number of likely N-dealkylation sites (tertiary alicyclic amines) is 1. The van der Waals surface area contributed by atoms with Crippen LogP contribution in [0.25, 0.3) is 0 Å². The number of hydrogen-bond acceptors (Lipinski definition) is 8. The van der Waals surface area contributed by atoms with Gasteiger partial charge in [-0.15, -0.1) is 0 Å². The highest BCUT2D eigenvalue weighted by Gasteiger charge is 2.38. The zero-order valence-electron chi connectivity index (χ0n) is 18.1. The Morgan fingerprint density at radius 2 is 2.12 bits per heavy atom. The molecule has 2 bridgehead atoms. The molecule has 2 fully saturated rings. The van der Waals surface area contributed by atoms with Gasteiger partial charge in [-0.3, -0.25) is 4.90 Å². The summed E-state index contributed by atoms with van der Waals surface area (Å²) in [5.41, 5.74) is 8.72. The molecule has 2 atom stereocenters. The Kier molecular flexibility index (Phi) is 6.09. The van der Waals surface area contributed by atoms with Gasteiger partial charge in [0.05, 0.1) is 31.6 Å². The molecule has 2 N–H and O–H groups in total. The zero-order valence-corrected chi connectivity index (χ0v) is 18.1. The average Bonchev–Trinajstić information content (AvgIpc) is 3.44. The first-order valence-corrected chi connectivity index (χ1v) is 11.2. The van der Waals surface area contributed by atoms with Crippen molar-refractivity contribution in [2.75, 3.05) is 38.6 Å². The number of amides is 1. The molecule has 0 unspecified atom stereocenters. The molecule has 0 spiro atoms. The molecular formula is C23H29N5O4. The predicted octanol–water partition coefficient (Wildman–Crippen LogP) is 2.00. The van der Waals surface area contributed by atoms with Gasteiger partial charge in [0.1, 0.15) is 12.4 Å². The van der Waals surface area contributed by atoms with Crippen molar-refractivity contribution in [1.82, 2.24) is 19.8 Å². The Bertz CT molecular complexity index is 957. The van der Waals surface area contributed by atoms with Crippen molar-refractivity contribution in [1.29, 1.82) is 0 Å². The molecule has 0 aliphatic carbocycles. The van der Waals surface area contributed by atoms with Crippen LogP contribution in [0.2, 0.25) is 0 Å². The Balaban J connectivity index is 1.13. The van der Waals surface area contributed by atoms with E-state index in [0.29, 0.717) is 44.1 Å². The van der Waals surface area contributed by atoms with Crippen LogP contribution in [0, 0.1) is 0 Å². The van der Waals surface area contributed by atoms with Crippen LogP contribution in [0.4, 0.5) is 10.6 Å². The molecule has 9 nitrogen and oxygen atoms in total. The minimum absolute atomic E-state index is 0.244. The second kappa shape index (κ2) is 9.30. The van der Waals surface area contributed by atoms with Gasteiger partial charge in [0, 0.05) is 31.2 Å². The molecule has 0 radical (unpaired) electrons.